The summed E-state index contributed by atoms with van der Waals surface area (Å²) in [5.74, 6) is 0. The average molecular weight is 186 g/mol. The van der Waals surface area contributed by atoms with Gasteiger partial charge in [0.25, 0.3) is 0 Å². The molecule has 0 aromatic carbocycles. The molecule has 76 valence electrons. The number of carbonyl (C=O) groups excluding carboxylic acids is 1. The summed E-state index contributed by atoms with van der Waals surface area (Å²) < 4.78 is 4.82. The highest BCUT2D eigenvalue weighted by Gasteiger charge is 2.22. The van der Waals surface area contributed by atoms with Crippen molar-refractivity contribution in [3.8, 4) is 0 Å². The van der Waals surface area contributed by atoms with Gasteiger partial charge in [0.2, 0.25) is 0 Å². The third-order valence-electron chi connectivity index (χ3n) is 2.34. The van der Waals surface area contributed by atoms with Crippen molar-refractivity contribution in [2.24, 2.45) is 0 Å². The van der Waals surface area contributed by atoms with Gasteiger partial charge in [0, 0.05) is 12.1 Å². The molecule has 1 heterocycles. The van der Waals surface area contributed by atoms with Crippen LogP contribution in [0.15, 0.2) is 0 Å². The van der Waals surface area contributed by atoms with E-state index in [0.717, 1.165) is 19.4 Å². The maximum Gasteiger partial charge on any atom is 0.407 e. The molecule has 4 heteroatoms. The molecule has 1 aliphatic heterocycles. The van der Waals surface area contributed by atoms with Crippen molar-refractivity contribution in [1.82, 2.24) is 10.6 Å². The molecular weight excluding hydrogens is 168 g/mol. The molecule has 0 radical (unpaired) electrons. The largest absolute Gasteiger partial charge is 0.450 e. The summed E-state index contributed by atoms with van der Waals surface area (Å²) in [6, 6.07) is 0.561. The molecule has 1 aliphatic rings. The lowest BCUT2D eigenvalue weighted by Crippen LogP contribution is -2.52. The van der Waals surface area contributed by atoms with Crippen LogP contribution in [0.3, 0.4) is 0 Å². The van der Waals surface area contributed by atoms with E-state index in [1.807, 2.05) is 6.92 Å². The van der Waals surface area contributed by atoms with Gasteiger partial charge in [-0.05, 0) is 33.2 Å². The highest BCUT2D eigenvalue weighted by molar-refractivity contribution is 5.67. The maximum atomic E-state index is 11.1. The maximum absolute atomic E-state index is 11.1. The zero-order valence-corrected chi connectivity index (χ0v) is 8.30. The van der Waals surface area contributed by atoms with E-state index in [1.165, 1.54) is 0 Å². The third kappa shape index (κ3) is 3.22. The number of rotatable bonds is 2. The Kier molecular flexibility index (Phi) is 4.02. The standard InChI is InChI=1S/C9H18N2O2/c1-3-13-9(12)11-8-5-4-6-10-7(8)2/h7-8,10H,3-6H2,1-2H3,(H,11,12). The van der Waals surface area contributed by atoms with E-state index in [1.54, 1.807) is 0 Å². The molecule has 1 amide bonds. The lowest BCUT2D eigenvalue weighted by molar-refractivity contribution is 0.142. The molecule has 0 aromatic heterocycles. The van der Waals surface area contributed by atoms with Gasteiger partial charge in [-0.2, -0.15) is 0 Å². The van der Waals surface area contributed by atoms with E-state index in [9.17, 15) is 4.79 Å². The fourth-order valence-corrected chi connectivity index (χ4v) is 1.57. The minimum atomic E-state index is -0.303. The van der Waals surface area contributed by atoms with Crippen LogP contribution >= 0.6 is 0 Å². The zero-order valence-electron chi connectivity index (χ0n) is 8.30. The lowest BCUT2D eigenvalue weighted by atomic mass is 10.0. The van der Waals surface area contributed by atoms with Crippen molar-refractivity contribution >= 4 is 6.09 Å². The highest BCUT2D eigenvalue weighted by Crippen LogP contribution is 2.07. The van der Waals surface area contributed by atoms with E-state index in [0.29, 0.717) is 12.6 Å². The minimum absolute atomic E-state index is 0.216. The first-order valence-electron chi connectivity index (χ1n) is 4.90. The summed E-state index contributed by atoms with van der Waals surface area (Å²) in [7, 11) is 0. The molecule has 4 nitrogen and oxygen atoms in total. The zero-order chi connectivity index (χ0) is 9.68. The van der Waals surface area contributed by atoms with Gasteiger partial charge < -0.3 is 15.4 Å². The molecule has 1 fully saturated rings. The topological polar surface area (TPSA) is 50.4 Å². The van der Waals surface area contributed by atoms with Crippen LogP contribution in [-0.4, -0.2) is 31.3 Å². The van der Waals surface area contributed by atoms with Crippen LogP contribution < -0.4 is 10.6 Å². The van der Waals surface area contributed by atoms with Crippen molar-refractivity contribution in [2.45, 2.75) is 38.8 Å². The monoisotopic (exact) mass is 186 g/mol. The second-order valence-corrected chi connectivity index (χ2v) is 3.36. The fraction of sp³-hybridized carbons (Fsp3) is 0.889. The molecule has 13 heavy (non-hydrogen) atoms. The summed E-state index contributed by atoms with van der Waals surface area (Å²) in [4.78, 5) is 11.1. The molecule has 2 atom stereocenters. The number of hydrogen-bond acceptors (Lipinski definition) is 3. The van der Waals surface area contributed by atoms with Crippen molar-refractivity contribution in [2.75, 3.05) is 13.2 Å². The molecule has 0 saturated carbocycles. The van der Waals surface area contributed by atoms with Gasteiger partial charge >= 0.3 is 6.09 Å². The van der Waals surface area contributed by atoms with Crippen LogP contribution in [0.1, 0.15) is 26.7 Å². The van der Waals surface area contributed by atoms with Crippen LogP contribution in [0.4, 0.5) is 4.79 Å². The fourth-order valence-electron chi connectivity index (χ4n) is 1.57. The molecule has 0 aliphatic carbocycles. The van der Waals surface area contributed by atoms with Gasteiger partial charge in [-0.15, -0.1) is 0 Å². The van der Waals surface area contributed by atoms with E-state index in [2.05, 4.69) is 17.6 Å². The number of amides is 1. The van der Waals surface area contributed by atoms with Crippen molar-refractivity contribution in [3.63, 3.8) is 0 Å². The van der Waals surface area contributed by atoms with Gasteiger partial charge in [-0.25, -0.2) is 4.79 Å². The van der Waals surface area contributed by atoms with Gasteiger partial charge in [-0.3, -0.25) is 0 Å². The Bertz CT molecular complexity index is 173. The minimum Gasteiger partial charge on any atom is -0.450 e. The summed E-state index contributed by atoms with van der Waals surface area (Å²) in [5, 5.41) is 6.16. The Morgan fingerprint density at radius 2 is 2.46 bits per heavy atom. The molecule has 2 N–H and O–H groups in total. The normalized spacial score (nSPS) is 28.2. The van der Waals surface area contributed by atoms with Gasteiger partial charge in [0.15, 0.2) is 0 Å². The van der Waals surface area contributed by atoms with E-state index in [4.69, 9.17) is 4.74 Å². The number of nitrogens with one attached hydrogen (secondary N) is 2. The quantitative estimate of drug-likeness (QED) is 0.673. The summed E-state index contributed by atoms with van der Waals surface area (Å²) in [6.45, 7) is 5.36. The predicted octanol–water partition coefficient (Wildman–Crippen LogP) is 0.873. The van der Waals surface area contributed by atoms with Crippen molar-refractivity contribution in [1.29, 1.82) is 0 Å². The van der Waals surface area contributed by atoms with Crippen LogP contribution in [0.25, 0.3) is 0 Å². The van der Waals surface area contributed by atoms with Crippen molar-refractivity contribution in [3.05, 3.63) is 0 Å². The molecule has 1 rings (SSSR count). The van der Waals surface area contributed by atoms with Gasteiger partial charge in [-0.1, -0.05) is 0 Å². The van der Waals surface area contributed by atoms with E-state index in [-0.39, 0.29) is 12.1 Å². The first-order chi connectivity index (χ1) is 6.24. The molecule has 1 saturated heterocycles. The molecule has 0 bridgehead atoms. The summed E-state index contributed by atoms with van der Waals surface area (Å²) >= 11 is 0. The number of ether oxygens (including phenoxy) is 1. The average Bonchev–Trinajstić information content (AvgIpc) is 2.09. The van der Waals surface area contributed by atoms with Crippen LogP contribution in [0.2, 0.25) is 0 Å². The van der Waals surface area contributed by atoms with Crippen LogP contribution in [0.5, 0.6) is 0 Å². The number of hydrogen-bond donors (Lipinski definition) is 2. The Morgan fingerprint density at radius 1 is 1.69 bits per heavy atom. The molecular formula is C9H18N2O2. The second-order valence-electron chi connectivity index (χ2n) is 3.36. The molecule has 0 spiro atoms. The highest BCUT2D eigenvalue weighted by atomic mass is 16.5. The smallest absolute Gasteiger partial charge is 0.407 e. The Balaban J connectivity index is 2.29. The Labute approximate surface area is 79.0 Å². The first-order valence-corrected chi connectivity index (χ1v) is 4.90. The summed E-state index contributed by atoms with van der Waals surface area (Å²) in [5.41, 5.74) is 0. The number of alkyl carbamates (subject to hydrolysis) is 1. The molecule has 2 unspecified atom stereocenters. The van der Waals surface area contributed by atoms with Gasteiger partial charge in [0.1, 0.15) is 0 Å². The van der Waals surface area contributed by atoms with Crippen molar-refractivity contribution < 1.29 is 9.53 Å². The number of piperidine rings is 1. The predicted molar refractivity (Wildman–Crippen MR) is 50.6 cm³/mol. The van der Waals surface area contributed by atoms with Gasteiger partial charge in [0.05, 0.1) is 6.61 Å². The SMILES string of the molecule is CCOC(=O)NC1CCCNC1C. The molecule has 0 aromatic rings. The van der Waals surface area contributed by atoms with Crippen LogP contribution in [-0.2, 0) is 4.74 Å². The first kappa shape index (κ1) is 10.3. The van der Waals surface area contributed by atoms with Crippen LogP contribution in [0, 0.1) is 0 Å². The summed E-state index contributed by atoms with van der Waals surface area (Å²) in [6.07, 6.45) is 1.84. The third-order valence-corrected chi connectivity index (χ3v) is 2.34. The Morgan fingerprint density at radius 3 is 3.08 bits per heavy atom. The number of carbonyl (C=O) groups is 1. The van der Waals surface area contributed by atoms with E-state index < -0.39 is 0 Å². The lowest BCUT2D eigenvalue weighted by Gasteiger charge is -2.30. The van der Waals surface area contributed by atoms with E-state index >= 15 is 0 Å². The second kappa shape index (κ2) is 5.07. The Hall–Kier alpha value is -0.770.